The van der Waals surface area contributed by atoms with Crippen molar-refractivity contribution in [3.63, 3.8) is 0 Å². The average Bonchev–Trinajstić information content (AvgIpc) is 2.90. The highest BCUT2D eigenvalue weighted by atomic mass is 16.1. The Balaban J connectivity index is 1.72. The number of carbonyl (C=O) groups is 1. The second kappa shape index (κ2) is 4.76. The van der Waals surface area contributed by atoms with Crippen molar-refractivity contribution in [3.8, 4) is 0 Å². The lowest BCUT2D eigenvalue weighted by atomic mass is 9.78. The standard InChI is InChI=1S/C18H23NO/c1-18(2,3)16-9-14-11-19(12-15(14)17(16)20)10-13-7-5-4-6-8-13/h4-8,11,15-16H,9-10,12H2,1-3H3. The van der Waals surface area contributed by atoms with Gasteiger partial charge in [0.2, 0.25) is 0 Å². The Labute approximate surface area is 121 Å². The van der Waals surface area contributed by atoms with Crippen molar-refractivity contribution in [1.29, 1.82) is 0 Å². The van der Waals surface area contributed by atoms with Crippen molar-refractivity contribution >= 4 is 5.78 Å². The summed E-state index contributed by atoms with van der Waals surface area (Å²) in [5.74, 6) is 0.819. The van der Waals surface area contributed by atoms with Gasteiger partial charge in [0, 0.05) is 19.0 Å². The Bertz CT molecular complexity index is 538. The van der Waals surface area contributed by atoms with Gasteiger partial charge >= 0.3 is 0 Å². The third-order valence-corrected chi connectivity index (χ3v) is 4.61. The molecule has 2 nitrogen and oxygen atoms in total. The van der Waals surface area contributed by atoms with Crippen LogP contribution in [0.4, 0.5) is 0 Å². The van der Waals surface area contributed by atoms with Gasteiger partial charge in [-0.1, -0.05) is 51.1 Å². The molecule has 3 rings (SSSR count). The second-order valence-corrected chi connectivity index (χ2v) is 7.20. The molecule has 1 aromatic rings. The minimum atomic E-state index is 0.0898. The molecule has 106 valence electrons. The van der Waals surface area contributed by atoms with Crippen LogP contribution in [0.15, 0.2) is 42.1 Å². The molecule has 0 amide bonds. The summed E-state index contributed by atoms with van der Waals surface area (Å²) in [5.41, 5.74) is 2.75. The van der Waals surface area contributed by atoms with Crippen LogP contribution in [-0.2, 0) is 11.3 Å². The fourth-order valence-corrected chi connectivity index (χ4v) is 3.44. The second-order valence-electron chi connectivity index (χ2n) is 7.20. The maximum absolute atomic E-state index is 12.6. The molecular formula is C18H23NO. The van der Waals surface area contributed by atoms with E-state index in [1.807, 2.05) is 6.07 Å². The molecule has 1 saturated carbocycles. The Morgan fingerprint density at radius 1 is 1.20 bits per heavy atom. The van der Waals surface area contributed by atoms with Gasteiger partial charge in [0.05, 0.1) is 5.92 Å². The smallest absolute Gasteiger partial charge is 0.145 e. The molecule has 1 aliphatic heterocycles. The zero-order valence-electron chi connectivity index (χ0n) is 12.6. The van der Waals surface area contributed by atoms with E-state index in [9.17, 15) is 4.79 Å². The molecule has 2 unspecified atom stereocenters. The summed E-state index contributed by atoms with van der Waals surface area (Å²) < 4.78 is 0. The summed E-state index contributed by atoms with van der Waals surface area (Å²) in [4.78, 5) is 14.9. The maximum atomic E-state index is 12.6. The molecule has 0 aromatic heterocycles. The number of fused-ring (bicyclic) bond motifs is 1. The van der Waals surface area contributed by atoms with E-state index in [1.54, 1.807) is 0 Å². The zero-order valence-corrected chi connectivity index (χ0v) is 12.6. The summed E-state index contributed by atoms with van der Waals surface area (Å²) in [6.45, 7) is 8.32. The number of nitrogens with zero attached hydrogens (tertiary/aromatic N) is 1. The highest BCUT2D eigenvalue weighted by Crippen LogP contribution is 2.45. The van der Waals surface area contributed by atoms with E-state index in [4.69, 9.17) is 0 Å². The monoisotopic (exact) mass is 269 g/mol. The molecule has 1 aromatic carbocycles. The summed E-state index contributed by atoms with van der Waals surface area (Å²) in [6.07, 6.45) is 3.19. The molecule has 20 heavy (non-hydrogen) atoms. The van der Waals surface area contributed by atoms with Gasteiger partial charge in [-0.2, -0.15) is 0 Å². The Morgan fingerprint density at radius 2 is 1.90 bits per heavy atom. The first-order valence-corrected chi connectivity index (χ1v) is 7.47. The number of Topliss-reactive ketones (excluding diaryl/α,β-unsaturated/α-hetero) is 1. The predicted molar refractivity (Wildman–Crippen MR) is 81.0 cm³/mol. The average molecular weight is 269 g/mol. The number of ketones is 1. The van der Waals surface area contributed by atoms with Gasteiger partial charge in [0.25, 0.3) is 0 Å². The topological polar surface area (TPSA) is 20.3 Å². The minimum absolute atomic E-state index is 0.0898. The van der Waals surface area contributed by atoms with Crippen LogP contribution in [0.5, 0.6) is 0 Å². The Kier molecular flexibility index (Phi) is 3.19. The molecule has 0 radical (unpaired) electrons. The fraction of sp³-hybridized carbons (Fsp3) is 0.500. The van der Waals surface area contributed by atoms with Crippen molar-refractivity contribution < 1.29 is 4.79 Å². The van der Waals surface area contributed by atoms with Gasteiger partial charge in [0.15, 0.2) is 0 Å². The van der Waals surface area contributed by atoms with Crippen LogP contribution >= 0.6 is 0 Å². The predicted octanol–water partition coefficient (Wildman–Crippen LogP) is 3.64. The Hall–Kier alpha value is -1.57. The van der Waals surface area contributed by atoms with Crippen LogP contribution in [0, 0.1) is 17.3 Å². The van der Waals surface area contributed by atoms with Crippen molar-refractivity contribution in [2.45, 2.75) is 33.7 Å². The van der Waals surface area contributed by atoms with E-state index < -0.39 is 0 Å². The van der Waals surface area contributed by atoms with Crippen LogP contribution in [0.1, 0.15) is 32.8 Å². The highest BCUT2D eigenvalue weighted by Gasteiger charge is 2.46. The molecule has 0 bridgehead atoms. The van der Waals surface area contributed by atoms with Crippen molar-refractivity contribution in [2.24, 2.45) is 17.3 Å². The normalized spacial score (nSPS) is 25.9. The van der Waals surface area contributed by atoms with Gasteiger partial charge in [-0.25, -0.2) is 0 Å². The summed E-state index contributed by atoms with van der Waals surface area (Å²) in [5, 5.41) is 0. The number of hydrogen-bond donors (Lipinski definition) is 0. The quantitative estimate of drug-likeness (QED) is 0.817. The van der Waals surface area contributed by atoms with Gasteiger partial charge in [-0.3, -0.25) is 4.79 Å². The first kappa shape index (κ1) is 13.4. The van der Waals surface area contributed by atoms with Crippen molar-refractivity contribution in [1.82, 2.24) is 4.90 Å². The lowest BCUT2D eigenvalue weighted by Crippen LogP contribution is -2.30. The molecule has 2 aliphatic rings. The molecule has 0 spiro atoms. The molecule has 1 fully saturated rings. The van der Waals surface area contributed by atoms with Crippen LogP contribution in [0.3, 0.4) is 0 Å². The molecular weight excluding hydrogens is 246 g/mol. The van der Waals surface area contributed by atoms with E-state index in [0.29, 0.717) is 5.78 Å². The largest absolute Gasteiger partial charge is 0.372 e. The van der Waals surface area contributed by atoms with E-state index in [1.165, 1.54) is 11.1 Å². The van der Waals surface area contributed by atoms with Crippen LogP contribution in [-0.4, -0.2) is 17.2 Å². The van der Waals surface area contributed by atoms with E-state index >= 15 is 0 Å². The van der Waals surface area contributed by atoms with E-state index in [-0.39, 0.29) is 17.3 Å². The molecule has 1 heterocycles. The van der Waals surface area contributed by atoms with Gasteiger partial charge in [-0.05, 0) is 29.2 Å². The maximum Gasteiger partial charge on any atom is 0.145 e. The zero-order chi connectivity index (χ0) is 14.3. The summed E-state index contributed by atoms with van der Waals surface area (Å²) in [7, 11) is 0. The SMILES string of the molecule is CC(C)(C)C1CC2=CN(Cc3ccccc3)CC2C1=O. The number of hydrogen-bond acceptors (Lipinski definition) is 2. The van der Waals surface area contributed by atoms with Crippen molar-refractivity contribution in [2.75, 3.05) is 6.54 Å². The van der Waals surface area contributed by atoms with E-state index in [2.05, 4.69) is 56.1 Å². The lowest BCUT2D eigenvalue weighted by molar-refractivity contribution is -0.126. The fourth-order valence-electron chi connectivity index (χ4n) is 3.44. The van der Waals surface area contributed by atoms with Crippen molar-refractivity contribution in [3.05, 3.63) is 47.7 Å². The van der Waals surface area contributed by atoms with Gasteiger partial charge in [0.1, 0.15) is 5.78 Å². The lowest BCUT2D eigenvalue weighted by Gasteiger charge is -2.26. The third kappa shape index (κ3) is 2.39. The molecule has 0 N–H and O–H groups in total. The summed E-state index contributed by atoms with van der Waals surface area (Å²) >= 11 is 0. The van der Waals surface area contributed by atoms with Gasteiger partial charge in [-0.15, -0.1) is 0 Å². The summed E-state index contributed by atoms with van der Waals surface area (Å²) in [6, 6.07) is 10.5. The van der Waals surface area contributed by atoms with Crippen LogP contribution in [0.2, 0.25) is 0 Å². The highest BCUT2D eigenvalue weighted by molar-refractivity contribution is 5.90. The minimum Gasteiger partial charge on any atom is -0.372 e. The molecule has 2 heteroatoms. The number of carbonyl (C=O) groups excluding carboxylic acids is 1. The van der Waals surface area contributed by atoms with Crippen LogP contribution in [0.25, 0.3) is 0 Å². The number of benzene rings is 1. The molecule has 2 atom stereocenters. The molecule has 0 saturated heterocycles. The first-order chi connectivity index (χ1) is 9.45. The molecule has 1 aliphatic carbocycles. The Morgan fingerprint density at radius 3 is 2.50 bits per heavy atom. The number of rotatable bonds is 2. The first-order valence-electron chi connectivity index (χ1n) is 7.47. The van der Waals surface area contributed by atoms with E-state index in [0.717, 1.165) is 19.5 Å². The third-order valence-electron chi connectivity index (χ3n) is 4.61. The van der Waals surface area contributed by atoms with Gasteiger partial charge < -0.3 is 4.90 Å². The van der Waals surface area contributed by atoms with Crippen LogP contribution < -0.4 is 0 Å².